The Morgan fingerprint density at radius 1 is 1.10 bits per heavy atom. The summed E-state index contributed by atoms with van der Waals surface area (Å²) in [5.74, 6) is 0.970. The molecule has 2 heteroatoms. The molecular weight excluding hydrogens is 258 g/mol. The van der Waals surface area contributed by atoms with Gasteiger partial charge in [-0.05, 0) is 54.5 Å². The summed E-state index contributed by atoms with van der Waals surface area (Å²) in [7, 11) is 1.74. The van der Waals surface area contributed by atoms with Crippen molar-refractivity contribution in [3.63, 3.8) is 0 Å². The standard InChI is InChI=1S/C19H23NO/c1-21-19-11-10-16-8-5-9-18(12-17(16)13-19)20-14-15-6-3-2-4-7-15/h2-4,6-7,10-11,13,18,20H,5,8-9,12,14H2,1H3. The van der Waals surface area contributed by atoms with Crippen LogP contribution in [0.25, 0.3) is 0 Å². The van der Waals surface area contributed by atoms with Gasteiger partial charge in [0.2, 0.25) is 0 Å². The monoisotopic (exact) mass is 281 g/mol. The normalized spacial score (nSPS) is 17.9. The third-order valence-corrected chi connectivity index (χ3v) is 4.32. The van der Waals surface area contributed by atoms with Crippen molar-refractivity contribution >= 4 is 0 Å². The van der Waals surface area contributed by atoms with Crippen LogP contribution in [-0.4, -0.2) is 13.2 Å². The molecule has 0 aliphatic heterocycles. The Labute approximate surface area is 127 Å². The van der Waals surface area contributed by atoms with Crippen LogP contribution in [0.3, 0.4) is 0 Å². The highest BCUT2D eigenvalue weighted by molar-refractivity contribution is 5.37. The quantitative estimate of drug-likeness (QED) is 0.862. The molecule has 0 fully saturated rings. The van der Waals surface area contributed by atoms with Crippen molar-refractivity contribution in [2.75, 3.05) is 7.11 Å². The topological polar surface area (TPSA) is 21.3 Å². The second kappa shape index (κ2) is 6.77. The molecule has 0 spiro atoms. The number of fused-ring (bicyclic) bond motifs is 1. The van der Waals surface area contributed by atoms with Crippen LogP contribution < -0.4 is 10.1 Å². The van der Waals surface area contributed by atoms with Gasteiger partial charge in [-0.3, -0.25) is 0 Å². The fraction of sp³-hybridized carbons (Fsp3) is 0.368. The van der Waals surface area contributed by atoms with E-state index in [1.54, 1.807) is 7.11 Å². The molecule has 1 atom stereocenters. The van der Waals surface area contributed by atoms with Gasteiger partial charge in [-0.2, -0.15) is 0 Å². The number of nitrogens with one attached hydrogen (secondary N) is 1. The fourth-order valence-corrected chi connectivity index (χ4v) is 3.10. The fourth-order valence-electron chi connectivity index (χ4n) is 3.10. The van der Waals surface area contributed by atoms with Crippen molar-refractivity contribution in [3.8, 4) is 5.75 Å². The summed E-state index contributed by atoms with van der Waals surface area (Å²) in [5, 5.41) is 3.72. The zero-order valence-corrected chi connectivity index (χ0v) is 12.6. The molecular formula is C19H23NO. The summed E-state index contributed by atoms with van der Waals surface area (Å²) in [6.45, 7) is 0.949. The number of methoxy groups -OCH3 is 1. The van der Waals surface area contributed by atoms with Crippen molar-refractivity contribution in [1.29, 1.82) is 0 Å². The van der Waals surface area contributed by atoms with E-state index in [2.05, 4.69) is 53.8 Å². The maximum absolute atomic E-state index is 5.37. The van der Waals surface area contributed by atoms with Gasteiger partial charge in [-0.25, -0.2) is 0 Å². The van der Waals surface area contributed by atoms with E-state index in [9.17, 15) is 0 Å². The first-order valence-electron chi connectivity index (χ1n) is 7.78. The van der Waals surface area contributed by atoms with Crippen molar-refractivity contribution in [1.82, 2.24) is 5.32 Å². The number of benzene rings is 2. The average molecular weight is 281 g/mol. The summed E-state index contributed by atoms with van der Waals surface area (Å²) in [6.07, 6.45) is 4.78. The highest BCUT2D eigenvalue weighted by atomic mass is 16.5. The van der Waals surface area contributed by atoms with Crippen LogP contribution in [0.1, 0.15) is 29.5 Å². The highest BCUT2D eigenvalue weighted by Gasteiger charge is 2.16. The summed E-state index contributed by atoms with van der Waals surface area (Å²) >= 11 is 0. The minimum atomic E-state index is 0.554. The molecule has 2 aromatic carbocycles. The van der Waals surface area contributed by atoms with Gasteiger partial charge >= 0.3 is 0 Å². The largest absolute Gasteiger partial charge is 0.497 e. The molecule has 1 unspecified atom stereocenters. The molecule has 0 aromatic heterocycles. The van der Waals surface area contributed by atoms with Gasteiger partial charge < -0.3 is 10.1 Å². The Bertz CT molecular complexity index is 579. The van der Waals surface area contributed by atoms with Crippen LogP contribution in [0.2, 0.25) is 0 Å². The Hall–Kier alpha value is -1.80. The number of hydrogen-bond donors (Lipinski definition) is 1. The molecule has 21 heavy (non-hydrogen) atoms. The number of hydrogen-bond acceptors (Lipinski definition) is 2. The van der Waals surface area contributed by atoms with Gasteiger partial charge in [0.25, 0.3) is 0 Å². The summed E-state index contributed by atoms with van der Waals surface area (Å²) < 4.78 is 5.37. The molecule has 1 aliphatic rings. The Kier molecular flexibility index (Phi) is 4.56. The second-order valence-electron chi connectivity index (χ2n) is 5.79. The van der Waals surface area contributed by atoms with Gasteiger partial charge in [0.1, 0.15) is 5.75 Å². The number of ether oxygens (including phenoxy) is 1. The van der Waals surface area contributed by atoms with Gasteiger partial charge in [-0.1, -0.05) is 36.4 Å². The summed E-state index contributed by atoms with van der Waals surface area (Å²) in [6, 6.07) is 17.7. The van der Waals surface area contributed by atoms with E-state index in [0.29, 0.717) is 6.04 Å². The van der Waals surface area contributed by atoms with Gasteiger partial charge in [0.15, 0.2) is 0 Å². The van der Waals surface area contributed by atoms with Crippen LogP contribution in [0, 0.1) is 0 Å². The third-order valence-electron chi connectivity index (χ3n) is 4.32. The highest BCUT2D eigenvalue weighted by Crippen LogP contribution is 2.25. The van der Waals surface area contributed by atoms with Gasteiger partial charge in [0.05, 0.1) is 7.11 Å². The number of rotatable bonds is 4. The molecule has 0 saturated heterocycles. The van der Waals surface area contributed by atoms with E-state index in [0.717, 1.165) is 18.7 Å². The minimum Gasteiger partial charge on any atom is -0.497 e. The molecule has 0 saturated carbocycles. The molecule has 0 heterocycles. The Morgan fingerprint density at radius 3 is 2.76 bits per heavy atom. The maximum atomic E-state index is 5.37. The van der Waals surface area contributed by atoms with E-state index in [4.69, 9.17) is 4.74 Å². The molecule has 0 amide bonds. The number of aryl methyl sites for hydroxylation is 1. The SMILES string of the molecule is COc1ccc2c(c1)CC(NCc1ccccc1)CCC2. The maximum Gasteiger partial charge on any atom is 0.119 e. The van der Waals surface area contributed by atoms with E-state index < -0.39 is 0 Å². The first-order valence-corrected chi connectivity index (χ1v) is 7.78. The zero-order chi connectivity index (χ0) is 14.5. The second-order valence-corrected chi connectivity index (χ2v) is 5.79. The Morgan fingerprint density at radius 2 is 1.95 bits per heavy atom. The van der Waals surface area contributed by atoms with Crippen LogP contribution >= 0.6 is 0 Å². The van der Waals surface area contributed by atoms with E-state index in [-0.39, 0.29) is 0 Å². The van der Waals surface area contributed by atoms with E-state index in [1.165, 1.54) is 36.0 Å². The lowest BCUT2D eigenvalue weighted by Crippen LogP contribution is -2.30. The first-order chi connectivity index (χ1) is 10.3. The van der Waals surface area contributed by atoms with E-state index >= 15 is 0 Å². The van der Waals surface area contributed by atoms with Crippen molar-refractivity contribution in [2.45, 2.75) is 38.3 Å². The zero-order valence-electron chi connectivity index (χ0n) is 12.6. The molecule has 110 valence electrons. The predicted octanol–water partition coefficient (Wildman–Crippen LogP) is 3.73. The smallest absolute Gasteiger partial charge is 0.119 e. The molecule has 0 bridgehead atoms. The van der Waals surface area contributed by atoms with Crippen molar-refractivity contribution in [3.05, 3.63) is 65.2 Å². The van der Waals surface area contributed by atoms with Crippen molar-refractivity contribution < 1.29 is 4.74 Å². The lowest BCUT2D eigenvalue weighted by molar-refractivity contribution is 0.413. The van der Waals surface area contributed by atoms with Crippen molar-refractivity contribution in [2.24, 2.45) is 0 Å². The lowest BCUT2D eigenvalue weighted by atomic mass is 10.0. The molecule has 2 aromatic rings. The minimum absolute atomic E-state index is 0.554. The predicted molar refractivity (Wildman–Crippen MR) is 86.7 cm³/mol. The lowest BCUT2D eigenvalue weighted by Gasteiger charge is -2.17. The Balaban J connectivity index is 1.67. The molecule has 3 rings (SSSR count). The summed E-state index contributed by atoms with van der Waals surface area (Å²) in [4.78, 5) is 0. The van der Waals surface area contributed by atoms with Crippen LogP contribution in [0.15, 0.2) is 48.5 Å². The average Bonchev–Trinajstić information content (AvgIpc) is 2.75. The first kappa shape index (κ1) is 14.2. The van der Waals surface area contributed by atoms with Gasteiger partial charge in [-0.15, -0.1) is 0 Å². The molecule has 0 radical (unpaired) electrons. The molecule has 2 nitrogen and oxygen atoms in total. The molecule has 1 aliphatic carbocycles. The van der Waals surface area contributed by atoms with Crippen LogP contribution in [0.5, 0.6) is 5.75 Å². The van der Waals surface area contributed by atoms with Gasteiger partial charge in [0, 0.05) is 12.6 Å². The van der Waals surface area contributed by atoms with Crippen LogP contribution in [-0.2, 0) is 19.4 Å². The third kappa shape index (κ3) is 3.64. The van der Waals surface area contributed by atoms with Crippen LogP contribution in [0.4, 0.5) is 0 Å². The molecule has 1 N–H and O–H groups in total. The van der Waals surface area contributed by atoms with E-state index in [1.807, 2.05) is 0 Å². The summed E-state index contributed by atoms with van der Waals surface area (Å²) in [5.41, 5.74) is 4.28.